The van der Waals surface area contributed by atoms with Crippen LogP contribution in [-0.4, -0.2) is 86.4 Å². The van der Waals surface area contributed by atoms with Crippen molar-refractivity contribution >= 4 is 36.3 Å². The van der Waals surface area contributed by atoms with Crippen molar-refractivity contribution in [1.29, 1.82) is 0 Å². The fourth-order valence-electron chi connectivity index (χ4n) is 3.12. The molecule has 0 bridgehead atoms. The fourth-order valence-corrected chi connectivity index (χ4v) is 3.37. The van der Waals surface area contributed by atoms with Crippen molar-refractivity contribution in [3.63, 3.8) is 0 Å². The molecule has 1 aliphatic heterocycles. The second-order valence-corrected chi connectivity index (χ2v) is 7.67. The number of carboxylic acid groups (broad SMARTS) is 1. The lowest BCUT2D eigenvalue weighted by Gasteiger charge is -2.25. The fraction of sp³-hybridized carbons (Fsp3) is 0.611. The number of aromatic amines is 1. The molecule has 12 nitrogen and oxygen atoms in total. The molecule has 1 saturated heterocycles. The van der Waals surface area contributed by atoms with Gasteiger partial charge in [-0.05, 0) is 26.3 Å². The predicted molar refractivity (Wildman–Crippen MR) is 112 cm³/mol. The number of nitrogens with one attached hydrogen (secondary N) is 5. The number of imidazole rings is 1. The molecule has 2 rings (SSSR count). The zero-order chi connectivity index (χ0) is 23.0. The molecule has 3 amide bonds. The van der Waals surface area contributed by atoms with Crippen LogP contribution in [0.3, 0.4) is 0 Å². The second kappa shape index (κ2) is 11.7. The van der Waals surface area contributed by atoms with Crippen molar-refractivity contribution in [2.45, 2.75) is 56.5 Å². The van der Waals surface area contributed by atoms with E-state index in [1.807, 2.05) is 0 Å². The van der Waals surface area contributed by atoms with Crippen LogP contribution in [0.2, 0.25) is 0 Å². The maximum absolute atomic E-state index is 12.9. The number of hydrogen-bond donors (Lipinski definition) is 8. The Labute approximate surface area is 184 Å². The van der Waals surface area contributed by atoms with E-state index in [1.54, 1.807) is 0 Å². The number of aliphatic hydroxyl groups excluding tert-OH is 1. The Morgan fingerprint density at radius 1 is 1.23 bits per heavy atom. The zero-order valence-corrected chi connectivity index (χ0v) is 17.9. The van der Waals surface area contributed by atoms with E-state index in [2.05, 4.69) is 43.9 Å². The number of carbonyl (C=O) groups excluding carboxylic acids is 3. The average Bonchev–Trinajstić information content (AvgIpc) is 3.42. The molecular weight excluding hydrogens is 428 g/mol. The minimum atomic E-state index is -1.54. The molecule has 1 aromatic heterocycles. The Bertz CT molecular complexity index is 768. The smallest absolute Gasteiger partial charge is 0.328 e. The van der Waals surface area contributed by atoms with Crippen molar-refractivity contribution < 1.29 is 29.4 Å². The van der Waals surface area contributed by atoms with Gasteiger partial charge in [-0.1, -0.05) is 0 Å². The summed E-state index contributed by atoms with van der Waals surface area (Å²) in [6.45, 7) is 1.94. The van der Waals surface area contributed by atoms with Crippen LogP contribution in [0.5, 0.6) is 0 Å². The lowest BCUT2D eigenvalue weighted by molar-refractivity contribution is -0.145. The van der Waals surface area contributed by atoms with Gasteiger partial charge in [0.15, 0.2) is 6.04 Å². The highest BCUT2D eigenvalue weighted by molar-refractivity contribution is 7.80. The van der Waals surface area contributed by atoms with Crippen LogP contribution < -0.4 is 21.3 Å². The van der Waals surface area contributed by atoms with Crippen LogP contribution in [0, 0.1) is 0 Å². The molecule has 5 atom stereocenters. The summed E-state index contributed by atoms with van der Waals surface area (Å²) in [6.07, 6.45) is 3.23. The molecule has 7 N–H and O–H groups in total. The first kappa shape index (κ1) is 24.6. The Hall–Kier alpha value is -2.64. The molecular formula is C18H28N6O6S. The molecule has 31 heavy (non-hydrogen) atoms. The summed E-state index contributed by atoms with van der Waals surface area (Å²) < 4.78 is 0. The van der Waals surface area contributed by atoms with Gasteiger partial charge in [-0.2, -0.15) is 12.6 Å². The Morgan fingerprint density at radius 3 is 2.45 bits per heavy atom. The van der Waals surface area contributed by atoms with Gasteiger partial charge in [0.25, 0.3) is 0 Å². The van der Waals surface area contributed by atoms with Gasteiger partial charge < -0.3 is 36.5 Å². The maximum Gasteiger partial charge on any atom is 0.328 e. The molecule has 0 aliphatic carbocycles. The van der Waals surface area contributed by atoms with Crippen LogP contribution in [0.15, 0.2) is 12.5 Å². The van der Waals surface area contributed by atoms with Crippen molar-refractivity contribution in [3.8, 4) is 0 Å². The number of rotatable bonds is 11. The first-order valence-corrected chi connectivity index (χ1v) is 10.5. The zero-order valence-electron chi connectivity index (χ0n) is 17.0. The van der Waals surface area contributed by atoms with E-state index in [0.717, 1.165) is 6.42 Å². The van der Waals surface area contributed by atoms with E-state index in [9.17, 15) is 24.3 Å². The van der Waals surface area contributed by atoms with Crippen molar-refractivity contribution in [1.82, 2.24) is 31.2 Å². The van der Waals surface area contributed by atoms with E-state index >= 15 is 0 Å². The number of aliphatic hydroxyl groups is 1. The molecule has 2 heterocycles. The third-order valence-corrected chi connectivity index (χ3v) is 5.22. The second-order valence-electron chi connectivity index (χ2n) is 7.30. The summed E-state index contributed by atoms with van der Waals surface area (Å²) in [7, 11) is 0. The number of thiol groups is 1. The van der Waals surface area contributed by atoms with Gasteiger partial charge in [0, 0.05) is 24.1 Å². The van der Waals surface area contributed by atoms with Crippen LogP contribution in [0.1, 0.15) is 25.5 Å². The van der Waals surface area contributed by atoms with Gasteiger partial charge >= 0.3 is 5.97 Å². The standard InChI is InChI=1S/C18H28N6O6S/c1-9(25)14(18(29)30)24-17(28)13(7-31)23-16(27)12(5-10-6-19-8-21-10)22-15(26)11-3-2-4-20-11/h6,8-9,11-14,20,25,31H,2-5,7H2,1H3,(H,19,21)(H,22,26)(H,23,27)(H,24,28)(H,29,30). The summed E-state index contributed by atoms with van der Waals surface area (Å²) in [5, 5.41) is 29.1. The highest BCUT2D eigenvalue weighted by atomic mass is 32.1. The molecule has 0 radical (unpaired) electrons. The van der Waals surface area contributed by atoms with Crippen molar-refractivity contribution in [2.24, 2.45) is 0 Å². The molecule has 1 fully saturated rings. The quantitative estimate of drug-likeness (QED) is 0.169. The van der Waals surface area contributed by atoms with Crippen LogP contribution in [0.4, 0.5) is 0 Å². The Balaban J connectivity index is 2.07. The van der Waals surface area contributed by atoms with E-state index < -0.39 is 48.1 Å². The molecule has 13 heteroatoms. The summed E-state index contributed by atoms with van der Waals surface area (Å²) in [6, 6.07) is -4.12. The summed E-state index contributed by atoms with van der Waals surface area (Å²) in [5.74, 6) is -3.33. The third kappa shape index (κ3) is 7.22. The Morgan fingerprint density at radius 2 is 1.94 bits per heavy atom. The lowest BCUT2D eigenvalue weighted by atomic mass is 10.1. The summed E-state index contributed by atoms with van der Waals surface area (Å²) in [5.41, 5.74) is 0.603. The minimum absolute atomic E-state index is 0.108. The molecule has 5 unspecified atom stereocenters. The third-order valence-electron chi connectivity index (χ3n) is 4.85. The first-order valence-electron chi connectivity index (χ1n) is 9.86. The minimum Gasteiger partial charge on any atom is -0.480 e. The highest BCUT2D eigenvalue weighted by Crippen LogP contribution is 2.07. The number of carbonyl (C=O) groups is 4. The topological polar surface area (TPSA) is 186 Å². The predicted octanol–water partition coefficient (Wildman–Crippen LogP) is -2.45. The maximum atomic E-state index is 12.9. The highest BCUT2D eigenvalue weighted by Gasteiger charge is 2.32. The molecule has 1 aromatic rings. The summed E-state index contributed by atoms with van der Waals surface area (Å²) in [4.78, 5) is 55.8. The van der Waals surface area contributed by atoms with Crippen molar-refractivity contribution in [2.75, 3.05) is 12.3 Å². The van der Waals surface area contributed by atoms with Gasteiger partial charge in [-0.15, -0.1) is 0 Å². The monoisotopic (exact) mass is 456 g/mol. The SMILES string of the molecule is CC(O)C(NC(=O)C(CS)NC(=O)C(Cc1cnc[nH]1)NC(=O)C1CCCN1)C(=O)O. The first-order chi connectivity index (χ1) is 14.7. The normalized spacial score (nSPS) is 19.6. The molecule has 1 aliphatic rings. The van der Waals surface area contributed by atoms with E-state index in [1.165, 1.54) is 19.4 Å². The number of nitrogens with zero attached hydrogens (tertiary/aromatic N) is 1. The van der Waals surface area contributed by atoms with Crippen molar-refractivity contribution in [3.05, 3.63) is 18.2 Å². The molecule has 0 spiro atoms. The number of carboxylic acids is 1. The van der Waals surface area contributed by atoms with Crippen LogP contribution >= 0.6 is 12.6 Å². The number of hydrogen-bond acceptors (Lipinski definition) is 8. The van der Waals surface area contributed by atoms with Gasteiger partial charge in [-0.25, -0.2) is 9.78 Å². The van der Waals surface area contributed by atoms with Crippen LogP contribution in [0.25, 0.3) is 0 Å². The lowest BCUT2D eigenvalue weighted by Crippen LogP contribution is -2.59. The van der Waals surface area contributed by atoms with Gasteiger partial charge in [0.2, 0.25) is 17.7 Å². The molecule has 0 aromatic carbocycles. The van der Waals surface area contributed by atoms with Crippen LogP contribution in [-0.2, 0) is 25.6 Å². The molecule has 0 saturated carbocycles. The van der Waals surface area contributed by atoms with Gasteiger partial charge in [0.05, 0.1) is 18.5 Å². The number of H-pyrrole nitrogens is 1. The van der Waals surface area contributed by atoms with E-state index in [0.29, 0.717) is 18.7 Å². The molecule has 172 valence electrons. The average molecular weight is 457 g/mol. The largest absolute Gasteiger partial charge is 0.480 e. The van der Waals surface area contributed by atoms with Gasteiger partial charge in [-0.3, -0.25) is 14.4 Å². The Kier molecular flexibility index (Phi) is 9.27. The van der Waals surface area contributed by atoms with E-state index in [-0.39, 0.29) is 18.1 Å². The number of amides is 3. The number of aromatic nitrogens is 2. The number of aliphatic carboxylic acids is 1. The summed E-state index contributed by atoms with van der Waals surface area (Å²) >= 11 is 4.06. The van der Waals surface area contributed by atoms with Gasteiger partial charge in [0.1, 0.15) is 12.1 Å². The van der Waals surface area contributed by atoms with E-state index in [4.69, 9.17) is 5.11 Å².